The van der Waals surface area contributed by atoms with Crippen molar-refractivity contribution in [1.82, 2.24) is 51.3 Å². The van der Waals surface area contributed by atoms with E-state index in [1.165, 1.54) is 33.7 Å². The average molecular weight is 1980 g/mol. The lowest BCUT2D eigenvalue weighted by Gasteiger charge is -2.41. The number of nitrogens with two attached hydrogens (primary N) is 2. The summed E-state index contributed by atoms with van der Waals surface area (Å²) in [4.78, 5) is 149. The number of halogens is 5. The Kier molecular flexibility index (Phi) is 39.9. The molecule has 0 radical (unpaired) electrons. The molecule has 5 amide bonds. The summed E-state index contributed by atoms with van der Waals surface area (Å²) in [5.41, 5.74) is 14.5. The van der Waals surface area contributed by atoms with Gasteiger partial charge in [0.1, 0.15) is 23.3 Å². The van der Waals surface area contributed by atoms with Crippen LogP contribution in [0.2, 0.25) is 0 Å². The Morgan fingerprint density at radius 2 is 0.952 bits per heavy atom. The molecule has 2 fully saturated rings. The molecule has 9 N–H and O–H groups in total. The van der Waals surface area contributed by atoms with Crippen molar-refractivity contribution in [2.75, 3.05) is 80.5 Å². The molecule has 0 saturated carbocycles. The highest BCUT2D eigenvalue weighted by Gasteiger charge is 2.45. The van der Waals surface area contributed by atoms with Crippen LogP contribution in [0.25, 0.3) is 0 Å². The van der Waals surface area contributed by atoms with Crippen LogP contribution < -0.4 is 38.7 Å². The minimum absolute atomic E-state index is 0. The number of Topliss-reactive ketones (excluding diaryl/α,β-unsaturated/α-hetero) is 1. The van der Waals surface area contributed by atoms with Crippen molar-refractivity contribution in [2.24, 2.45) is 36.6 Å². The lowest BCUT2D eigenvalue weighted by molar-refractivity contribution is -0.141. The van der Waals surface area contributed by atoms with Crippen LogP contribution in [0.3, 0.4) is 0 Å². The van der Waals surface area contributed by atoms with Gasteiger partial charge in [-0.25, -0.2) is 45.6 Å². The molecular weight excluding hydrogens is 1870 g/mol. The van der Waals surface area contributed by atoms with Crippen molar-refractivity contribution >= 4 is 178 Å². The SMILES string of the molecule is CC(=O)Cl.CC(C)(C)OC(=O)NN.COC(=O)CC[C@@H]1N=C(c2ccccn2)c2cc(Br)ccc2CC1=O.COC(=O)CC[C@@H]1N=C(c2ccccn2)c2cc(Br)ccc2N=C1OP(=O)(N1CCOCC1)N1CCOCC1.Cl.[2H]C([2H])([2H])C(=O)NCC1=Nc2ccc(Br)cc2C(c2ccccn2)=N[C@H]1CCC(=O)OC.[2H]C([2H])([2H])C(=O)NN.[2H]C([2H])([2H])C(=O)NNC(=O)OC(C)(C)C. The van der Waals surface area contributed by atoms with Gasteiger partial charge in [-0.1, -0.05) is 72.1 Å². The molecule has 2 saturated heterocycles. The normalized spacial score (nSPS) is 17.2. The topological polar surface area (TPSA) is 481 Å². The van der Waals surface area contributed by atoms with Crippen LogP contribution in [0.1, 0.15) is 159 Å². The number of nitrogens with one attached hydrogen (secondary N) is 5. The molecule has 0 bridgehead atoms. The molecule has 3 aromatic heterocycles. The zero-order chi connectivity index (χ0) is 98.5. The number of aliphatic imine (C=N–C) groups is 5. The Balaban J connectivity index is 0.000000355. The molecule has 42 heteroatoms. The number of carbonyl (C=O) groups excluding carboxylic acids is 10. The van der Waals surface area contributed by atoms with Gasteiger partial charge in [-0.15, -0.1) is 12.4 Å². The number of esters is 3. The Morgan fingerprint density at radius 3 is 1.35 bits per heavy atom. The van der Waals surface area contributed by atoms with Crippen LogP contribution in [0.5, 0.6) is 0 Å². The van der Waals surface area contributed by atoms with Gasteiger partial charge in [0.2, 0.25) is 28.9 Å². The van der Waals surface area contributed by atoms with E-state index in [1.807, 2.05) is 117 Å². The highest BCUT2D eigenvalue weighted by Crippen LogP contribution is 2.56. The van der Waals surface area contributed by atoms with E-state index in [0.717, 1.165) is 35.7 Å². The third kappa shape index (κ3) is 37.8. The van der Waals surface area contributed by atoms with Crippen molar-refractivity contribution in [1.29, 1.82) is 0 Å². The second-order valence-corrected chi connectivity index (χ2v) is 33.4. The van der Waals surface area contributed by atoms with Crippen molar-refractivity contribution in [3.8, 4) is 0 Å². The largest absolute Gasteiger partial charge is 0.469 e. The van der Waals surface area contributed by atoms with E-state index in [-0.39, 0.29) is 86.3 Å². The third-order valence-corrected chi connectivity index (χ3v) is 20.6. The minimum Gasteiger partial charge on any atom is -0.469 e. The first-order chi connectivity index (χ1) is 61.9. The fraction of sp³-hybridized carbons (Fsp3) is 0.415. The molecule has 0 unspecified atom stereocenters. The summed E-state index contributed by atoms with van der Waals surface area (Å²) in [6.07, 6.45) is 4.99. The predicted molar refractivity (Wildman–Crippen MR) is 481 cm³/mol. The summed E-state index contributed by atoms with van der Waals surface area (Å²) in [6.45, 7) is 6.83. The van der Waals surface area contributed by atoms with Gasteiger partial charge in [0, 0.05) is 140 Å². The Hall–Kier alpha value is -10.0. The molecule has 6 aromatic rings. The van der Waals surface area contributed by atoms with E-state index in [4.69, 9.17) is 76.1 Å². The number of rotatable bonds is 17. The standard InChI is InChI=1S/C26H31BrN5O6P.C21H21BrN4O3.C19H17BrN2O3.C7H14N2O3.C5H12N2O2.C2H3ClO.C2H6N2O.ClH/c1-35-24(33)8-7-23-26(38-39(34,31-10-14-36-15-11-31)32-12-16-37-17-13-32)30-21-6-5-19(27)18-20(21)25(29-23)22-4-2-3-9-28-22;1-13(27)24-12-19-17(8-9-20(28)29-2)26-21(18-5-3-4-10-23-18)15-11-14(22)6-7-16(15)25-19;1-25-18(24)8-7-15-17(23)10-12-5-6-13(20)11-14(12)19(22-15)16-4-2-3-9-21-16;1-5(10)8-9-6(11)12-7(2,3)4;1-5(2,3)9-4(8)7-6;1-2(3)4;1-2(5)4-3;/h2-6,9,18,23H,7-8,10-17H2,1H3;3-7,10-11,17H,8-9,12H2,1-2H3,(H,24,27);2-6,9,11,15H,7-8,10H2,1H3;1-4H3,(H,8,10)(H,9,11);6H2,1-3H3,(H,7,8);1H3;3H2,1H3,(H,4,5);1H/t23-;17-;15-;;;;;/m000...../s1/i;1D3;;1D3;;;1D3;. The molecule has 3 atom stereocenters. The van der Waals surface area contributed by atoms with E-state index in [9.17, 15) is 52.5 Å². The fourth-order valence-electron chi connectivity index (χ4n) is 11.1. The van der Waals surface area contributed by atoms with E-state index >= 15 is 0 Å². The summed E-state index contributed by atoms with van der Waals surface area (Å²) in [5.74, 6) is 4.82. The van der Waals surface area contributed by atoms with Gasteiger partial charge in [-0.05, 0) is 163 Å². The van der Waals surface area contributed by atoms with Crippen molar-refractivity contribution in [2.45, 2.75) is 143 Å². The van der Waals surface area contributed by atoms with Crippen molar-refractivity contribution in [3.05, 3.63) is 181 Å². The molecule has 8 heterocycles. The summed E-state index contributed by atoms with van der Waals surface area (Å²) in [7, 11) is 0.395. The summed E-state index contributed by atoms with van der Waals surface area (Å²) in [6, 6.07) is 31.7. The van der Waals surface area contributed by atoms with Gasteiger partial charge in [0.25, 0.3) is 0 Å². The van der Waals surface area contributed by atoms with E-state index in [0.29, 0.717) is 110 Å². The van der Waals surface area contributed by atoms with E-state index in [1.54, 1.807) is 77.7 Å². The fourth-order valence-corrected chi connectivity index (χ4v) is 14.5. The number of methoxy groups -OCH3 is 3. The van der Waals surface area contributed by atoms with Crippen LogP contribution in [0.4, 0.5) is 21.0 Å². The maximum absolute atomic E-state index is 14.8. The lowest BCUT2D eigenvalue weighted by atomic mass is 9.97. The van der Waals surface area contributed by atoms with Crippen LogP contribution in [0.15, 0.2) is 166 Å². The first kappa shape index (κ1) is 91.7. The molecule has 11 rings (SSSR count). The molecule has 124 heavy (non-hydrogen) atoms. The van der Waals surface area contributed by atoms with Crippen LogP contribution in [-0.4, -0.2) is 222 Å². The van der Waals surface area contributed by atoms with E-state index < -0.39 is 93.4 Å². The molecule has 36 nitrogen and oxygen atoms in total. The second kappa shape index (κ2) is 54.0. The molecular formula is C82H105Br3Cl2N17O19P. The van der Waals surface area contributed by atoms with Gasteiger partial charge < -0.3 is 43.0 Å². The van der Waals surface area contributed by atoms with Crippen LogP contribution in [-0.2, 0) is 87.0 Å². The maximum atomic E-state index is 14.8. The predicted octanol–water partition coefficient (Wildman–Crippen LogP) is 11.3. The monoisotopic (exact) mass is 1980 g/mol. The smallest absolute Gasteiger partial charge is 0.426 e. The molecule has 5 aliphatic heterocycles. The first-order valence-corrected chi connectivity index (χ1v) is 41.9. The highest BCUT2D eigenvalue weighted by atomic mass is 79.9. The number of morpholine rings is 2. The van der Waals surface area contributed by atoms with Crippen LogP contribution >= 0.6 is 79.5 Å². The number of nitrogens with zero attached hydrogens (tertiary/aromatic N) is 10. The van der Waals surface area contributed by atoms with Gasteiger partial charge in [0.15, 0.2) is 5.78 Å². The first-order valence-electron chi connectivity index (χ1n) is 42.1. The number of hydrogen-bond donors (Lipinski definition) is 7. The zero-order valence-corrected chi connectivity index (χ0v) is 76.6. The molecule has 5 aliphatic rings. The molecule has 0 spiro atoms. The third-order valence-electron chi connectivity index (χ3n) is 16.4. The maximum Gasteiger partial charge on any atom is 0.426 e. The number of amides is 5. The quantitative estimate of drug-likeness (QED) is 0.00848. The van der Waals surface area contributed by atoms with E-state index in [2.05, 4.69) is 90.2 Å². The Morgan fingerprint density at radius 1 is 0.548 bits per heavy atom. The van der Waals surface area contributed by atoms with Crippen molar-refractivity contribution in [3.63, 3.8) is 0 Å². The molecule has 0 aliphatic carbocycles. The van der Waals surface area contributed by atoms with Gasteiger partial charge in [-0.2, -0.15) is 0 Å². The number of aromatic nitrogens is 3. The Labute approximate surface area is 768 Å². The number of hydrogen-bond acceptors (Lipinski definition) is 29. The number of ether oxygens (including phenoxy) is 7. The van der Waals surface area contributed by atoms with Crippen LogP contribution in [0, 0.1) is 0 Å². The summed E-state index contributed by atoms with van der Waals surface area (Å²) >= 11 is 15.2. The number of carbonyl (C=O) groups is 10. The number of pyridine rings is 3. The minimum atomic E-state index is -3.60. The summed E-state index contributed by atoms with van der Waals surface area (Å²) < 4.78 is 124. The van der Waals surface area contributed by atoms with Crippen molar-refractivity contribution < 1.29 is 103 Å². The zero-order valence-electron chi connectivity index (χ0n) is 78.4. The average Bonchev–Trinajstić information content (AvgIpc) is 1.35. The summed E-state index contributed by atoms with van der Waals surface area (Å²) in [5, 5.41) is 2.04. The molecule has 3 aromatic carbocycles. The highest BCUT2D eigenvalue weighted by molar-refractivity contribution is 9.11. The molecule has 672 valence electrons. The second-order valence-electron chi connectivity index (χ2n) is 27.9. The van der Waals surface area contributed by atoms with Gasteiger partial charge >= 0.3 is 37.8 Å². The number of benzene rings is 3. The Bertz CT molecular complexity index is 5150. The number of hydrazine groups is 3. The number of fused-ring (bicyclic) bond motifs is 3. The van der Waals surface area contributed by atoms with Gasteiger partial charge in [-0.3, -0.25) is 89.6 Å². The lowest BCUT2D eigenvalue weighted by Crippen LogP contribution is -2.44. The number of ketones is 1. The van der Waals surface area contributed by atoms with Gasteiger partial charge in [0.05, 0.1) is 112 Å².